The largest absolute Gasteiger partial charge is 0.373 e. The van der Waals surface area contributed by atoms with Crippen molar-refractivity contribution < 1.29 is 4.79 Å². The smallest absolute Gasteiger partial charge is 0.254 e. The molecule has 21 heavy (non-hydrogen) atoms. The number of nitrogens with zero attached hydrogens (tertiary/aromatic N) is 2. The third-order valence-corrected chi connectivity index (χ3v) is 3.88. The van der Waals surface area contributed by atoms with Crippen LogP contribution in [0.3, 0.4) is 0 Å². The van der Waals surface area contributed by atoms with Crippen molar-refractivity contribution in [2.24, 2.45) is 0 Å². The van der Waals surface area contributed by atoms with Gasteiger partial charge >= 0.3 is 0 Å². The fourth-order valence-electron chi connectivity index (χ4n) is 2.26. The molecule has 0 bridgehead atoms. The minimum absolute atomic E-state index is 0.117. The van der Waals surface area contributed by atoms with Gasteiger partial charge < -0.3 is 10.2 Å². The summed E-state index contributed by atoms with van der Waals surface area (Å²) in [6, 6.07) is 4.04. The molecular formula is C17H29N3O. The fraction of sp³-hybridized carbons (Fsp3) is 0.647. The lowest BCUT2D eigenvalue weighted by molar-refractivity contribution is 0.0685. The van der Waals surface area contributed by atoms with Gasteiger partial charge in [-0.1, -0.05) is 27.2 Å². The quantitative estimate of drug-likeness (QED) is 0.794. The molecule has 0 fully saturated rings. The number of carbonyl (C=O) groups is 1. The van der Waals surface area contributed by atoms with Crippen LogP contribution in [0.25, 0.3) is 0 Å². The number of amides is 1. The molecule has 1 aromatic heterocycles. The van der Waals surface area contributed by atoms with Gasteiger partial charge in [-0.15, -0.1) is 0 Å². The molecule has 0 saturated heterocycles. The second-order valence-electron chi connectivity index (χ2n) is 5.45. The average Bonchev–Trinajstić information content (AvgIpc) is 2.53. The topological polar surface area (TPSA) is 45.2 Å². The summed E-state index contributed by atoms with van der Waals surface area (Å²) in [5.41, 5.74) is 1.69. The van der Waals surface area contributed by atoms with Gasteiger partial charge in [0.05, 0.1) is 0 Å². The van der Waals surface area contributed by atoms with Crippen LogP contribution in [0, 0.1) is 0 Å². The molecule has 0 spiro atoms. The number of pyridine rings is 1. The molecule has 0 aliphatic heterocycles. The molecule has 118 valence electrons. The summed E-state index contributed by atoms with van der Waals surface area (Å²) in [6.45, 7) is 9.27. The Labute approximate surface area is 129 Å². The number of nitrogens with one attached hydrogen (secondary N) is 1. The van der Waals surface area contributed by atoms with Crippen LogP contribution in [-0.2, 0) is 6.42 Å². The van der Waals surface area contributed by atoms with E-state index in [0.29, 0.717) is 0 Å². The van der Waals surface area contributed by atoms with E-state index in [9.17, 15) is 4.79 Å². The molecule has 0 radical (unpaired) electrons. The lowest BCUT2D eigenvalue weighted by atomic mass is 10.1. The maximum atomic E-state index is 12.9. The number of hydrogen-bond acceptors (Lipinski definition) is 3. The van der Waals surface area contributed by atoms with Crippen LogP contribution in [0.5, 0.6) is 0 Å². The number of rotatable bonds is 8. The van der Waals surface area contributed by atoms with Crippen LogP contribution >= 0.6 is 0 Å². The Morgan fingerprint density at radius 1 is 1.33 bits per heavy atom. The van der Waals surface area contributed by atoms with Crippen molar-refractivity contribution in [1.82, 2.24) is 9.88 Å². The average molecular weight is 291 g/mol. The first kappa shape index (κ1) is 17.5. The molecule has 0 aromatic carbocycles. The van der Waals surface area contributed by atoms with Gasteiger partial charge in [0, 0.05) is 30.9 Å². The Balaban J connectivity index is 3.06. The van der Waals surface area contributed by atoms with Crippen LogP contribution in [0.4, 0.5) is 5.82 Å². The van der Waals surface area contributed by atoms with Crippen molar-refractivity contribution in [3.8, 4) is 0 Å². The van der Waals surface area contributed by atoms with Gasteiger partial charge in [-0.2, -0.15) is 0 Å². The maximum Gasteiger partial charge on any atom is 0.254 e. The second-order valence-corrected chi connectivity index (χ2v) is 5.45. The number of hydrogen-bond donors (Lipinski definition) is 1. The molecule has 1 rings (SSSR count). The highest BCUT2D eigenvalue weighted by Crippen LogP contribution is 2.16. The Morgan fingerprint density at radius 3 is 2.57 bits per heavy atom. The highest BCUT2D eigenvalue weighted by Gasteiger charge is 2.20. The van der Waals surface area contributed by atoms with E-state index >= 15 is 0 Å². The van der Waals surface area contributed by atoms with Gasteiger partial charge in [-0.05, 0) is 38.3 Å². The predicted molar refractivity (Wildman–Crippen MR) is 88.9 cm³/mol. The van der Waals surface area contributed by atoms with E-state index in [4.69, 9.17) is 0 Å². The number of anilines is 1. The van der Waals surface area contributed by atoms with E-state index in [1.807, 2.05) is 24.1 Å². The standard InChI is InChI=1S/C17H29N3O/c1-6-9-10-20(13(4)7-2)17(21)14-11-15(8-3)19-16(12-14)18-5/h11-13H,6-10H2,1-5H3,(H,18,19). The number of aromatic nitrogens is 1. The molecule has 1 atom stereocenters. The predicted octanol–water partition coefficient (Wildman–Crippen LogP) is 3.73. The van der Waals surface area contributed by atoms with Crippen molar-refractivity contribution in [2.45, 2.75) is 59.4 Å². The molecule has 1 amide bonds. The van der Waals surface area contributed by atoms with Crippen molar-refractivity contribution in [3.63, 3.8) is 0 Å². The van der Waals surface area contributed by atoms with E-state index in [-0.39, 0.29) is 11.9 Å². The first-order valence-electron chi connectivity index (χ1n) is 8.06. The molecule has 4 nitrogen and oxygen atoms in total. The first-order chi connectivity index (χ1) is 10.1. The zero-order valence-electron chi connectivity index (χ0n) is 14.1. The summed E-state index contributed by atoms with van der Waals surface area (Å²) in [4.78, 5) is 19.3. The minimum Gasteiger partial charge on any atom is -0.373 e. The third-order valence-electron chi connectivity index (χ3n) is 3.88. The molecule has 1 aromatic rings. The summed E-state index contributed by atoms with van der Waals surface area (Å²) in [7, 11) is 1.83. The summed E-state index contributed by atoms with van der Waals surface area (Å²) in [5, 5.41) is 3.04. The first-order valence-corrected chi connectivity index (χ1v) is 8.06. The van der Waals surface area contributed by atoms with Gasteiger partial charge in [0.15, 0.2) is 0 Å². The number of unbranched alkanes of at least 4 members (excludes halogenated alkanes) is 1. The van der Waals surface area contributed by atoms with E-state index in [1.165, 1.54) is 0 Å². The van der Waals surface area contributed by atoms with Gasteiger partial charge in [-0.25, -0.2) is 4.98 Å². The zero-order chi connectivity index (χ0) is 15.8. The SMILES string of the molecule is CCCCN(C(=O)c1cc(CC)nc(NC)c1)C(C)CC. The van der Waals surface area contributed by atoms with E-state index in [1.54, 1.807) is 0 Å². The van der Waals surface area contributed by atoms with Gasteiger partial charge in [0.1, 0.15) is 5.82 Å². The van der Waals surface area contributed by atoms with Crippen LogP contribution in [0.2, 0.25) is 0 Å². The maximum absolute atomic E-state index is 12.9. The van der Waals surface area contributed by atoms with Crippen LogP contribution in [-0.4, -0.2) is 35.4 Å². The van der Waals surface area contributed by atoms with Crippen molar-refractivity contribution in [3.05, 3.63) is 23.4 Å². The lowest BCUT2D eigenvalue weighted by Crippen LogP contribution is -2.39. The van der Waals surface area contributed by atoms with Crippen molar-refractivity contribution in [2.75, 3.05) is 18.9 Å². The van der Waals surface area contributed by atoms with Crippen LogP contribution < -0.4 is 5.32 Å². The Hall–Kier alpha value is -1.58. The van der Waals surface area contributed by atoms with Crippen molar-refractivity contribution >= 4 is 11.7 Å². The highest BCUT2D eigenvalue weighted by atomic mass is 16.2. The van der Waals surface area contributed by atoms with Gasteiger partial charge in [0.2, 0.25) is 0 Å². The van der Waals surface area contributed by atoms with E-state index < -0.39 is 0 Å². The normalized spacial score (nSPS) is 12.0. The summed E-state index contributed by atoms with van der Waals surface area (Å²) >= 11 is 0. The molecule has 0 aliphatic rings. The molecule has 0 saturated carbocycles. The molecule has 1 unspecified atom stereocenters. The molecular weight excluding hydrogens is 262 g/mol. The number of carbonyl (C=O) groups excluding carboxylic acids is 1. The van der Waals surface area contributed by atoms with E-state index in [2.05, 4.69) is 38.0 Å². The van der Waals surface area contributed by atoms with Gasteiger partial charge in [-0.3, -0.25) is 4.79 Å². The summed E-state index contributed by atoms with van der Waals surface area (Å²) in [5.74, 6) is 0.878. The molecule has 1 heterocycles. The van der Waals surface area contributed by atoms with Gasteiger partial charge in [0.25, 0.3) is 5.91 Å². The highest BCUT2D eigenvalue weighted by molar-refractivity contribution is 5.95. The Bertz CT molecular complexity index is 437. The second kappa shape index (κ2) is 8.65. The van der Waals surface area contributed by atoms with Crippen LogP contribution in [0.1, 0.15) is 63.0 Å². The van der Waals surface area contributed by atoms with Crippen LogP contribution in [0.15, 0.2) is 12.1 Å². The summed E-state index contributed by atoms with van der Waals surface area (Å²) < 4.78 is 0. The fourth-order valence-corrected chi connectivity index (χ4v) is 2.26. The lowest BCUT2D eigenvalue weighted by Gasteiger charge is -2.29. The Morgan fingerprint density at radius 2 is 2.05 bits per heavy atom. The minimum atomic E-state index is 0.117. The van der Waals surface area contributed by atoms with E-state index in [0.717, 1.165) is 49.3 Å². The molecule has 0 aliphatic carbocycles. The monoisotopic (exact) mass is 291 g/mol. The third kappa shape index (κ3) is 4.73. The summed E-state index contributed by atoms with van der Waals surface area (Å²) in [6.07, 6.45) is 3.94. The van der Waals surface area contributed by atoms with Crippen molar-refractivity contribution in [1.29, 1.82) is 0 Å². The number of aryl methyl sites for hydroxylation is 1. The zero-order valence-corrected chi connectivity index (χ0v) is 14.1. The molecule has 1 N–H and O–H groups in total. The molecule has 4 heteroatoms. The Kier molecular flexibility index (Phi) is 7.20.